The van der Waals surface area contributed by atoms with E-state index in [1.165, 1.54) is 12.1 Å². The van der Waals surface area contributed by atoms with Crippen LogP contribution in [0, 0.1) is 0 Å². The fourth-order valence-electron chi connectivity index (χ4n) is 2.53. The lowest BCUT2D eigenvalue weighted by atomic mass is 10.1. The number of hydrogen-bond acceptors (Lipinski definition) is 4. The number of amides is 1. The zero-order valence-corrected chi connectivity index (χ0v) is 15.0. The first-order chi connectivity index (χ1) is 13.7. The summed E-state index contributed by atoms with van der Waals surface area (Å²) >= 11 is 0. The average Bonchev–Trinajstić information content (AvgIpc) is 2.97. The van der Waals surface area contributed by atoms with Crippen molar-refractivity contribution < 1.29 is 55.3 Å². The minimum atomic E-state index is -6.36. The SMILES string of the molecule is COc1c([NH2+]O)cccc1C(=O)Nc1c(C(F)(F)F)c(C(F)(F)C(F)(F)F)nn1C. The third-order valence-corrected chi connectivity index (χ3v) is 3.85. The van der Waals surface area contributed by atoms with Gasteiger partial charge in [-0.3, -0.25) is 9.48 Å². The molecule has 166 valence electrons. The minimum absolute atomic E-state index is 0.0458. The van der Waals surface area contributed by atoms with Crippen molar-refractivity contribution in [2.24, 2.45) is 7.05 Å². The lowest BCUT2D eigenvalue weighted by Crippen LogP contribution is -2.73. The Kier molecular flexibility index (Phi) is 6.00. The van der Waals surface area contributed by atoms with Crippen LogP contribution in [-0.4, -0.2) is 34.2 Å². The summed E-state index contributed by atoms with van der Waals surface area (Å²) in [7, 11) is 1.72. The summed E-state index contributed by atoms with van der Waals surface area (Å²) in [6.45, 7) is 0. The second kappa shape index (κ2) is 7.71. The third kappa shape index (κ3) is 4.02. The topological polar surface area (TPSA) is 93.0 Å². The van der Waals surface area contributed by atoms with Gasteiger partial charge in [0.2, 0.25) is 5.69 Å². The van der Waals surface area contributed by atoms with Crippen LogP contribution < -0.4 is 15.5 Å². The fraction of sp³-hybridized carbons (Fsp3) is 0.333. The van der Waals surface area contributed by atoms with E-state index in [9.17, 15) is 39.9 Å². The molecule has 1 aromatic heterocycles. The number of carbonyl (C=O) groups excluding carboxylic acids is 1. The number of carbonyl (C=O) groups is 1. The summed E-state index contributed by atoms with van der Waals surface area (Å²) in [5.74, 6) is -9.01. The smallest absolute Gasteiger partial charge is 0.459 e. The standard InChI is InChI=1S/C15H12F8N4O3/c1-27-11(24-12(28)6-4-3-5-7(26-29)9(6)30-2)8(14(18,19)20)10(25-27)13(16,17)15(21,22)23/h3-5,26,29H,1-2H3,(H,24,28)/p+1. The normalized spacial score (nSPS) is 12.8. The van der Waals surface area contributed by atoms with Crippen molar-refractivity contribution in [1.82, 2.24) is 9.78 Å². The Labute approximate surface area is 162 Å². The summed E-state index contributed by atoms with van der Waals surface area (Å²) in [6.07, 6.45) is -12.1. The minimum Gasteiger partial charge on any atom is -0.490 e. The highest BCUT2D eigenvalue weighted by atomic mass is 19.4. The molecule has 0 saturated carbocycles. The van der Waals surface area contributed by atoms with Crippen molar-refractivity contribution >= 4 is 17.4 Å². The van der Waals surface area contributed by atoms with Crippen LogP contribution in [0.25, 0.3) is 0 Å². The molecule has 1 aromatic carbocycles. The molecule has 7 nitrogen and oxygen atoms in total. The quantitative estimate of drug-likeness (QED) is 0.372. The molecular weight excluding hydrogens is 436 g/mol. The maximum atomic E-state index is 13.7. The van der Waals surface area contributed by atoms with Crippen molar-refractivity contribution in [1.29, 1.82) is 0 Å². The predicted octanol–water partition coefficient (Wildman–Crippen LogP) is 2.94. The number of nitrogens with zero attached hydrogens (tertiary/aromatic N) is 2. The number of halogens is 8. The van der Waals surface area contributed by atoms with Crippen LogP contribution in [0.4, 0.5) is 46.6 Å². The molecule has 0 saturated heterocycles. The number of benzene rings is 1. The second-order valence-electron chi connectivity index (χ2n) is 5.78. The van der Waals surface area contributed by atoms with E-state index in [1.807, 2.05) is 0 Å². The number of nitrogens with one attached hydrogen (secondary N) is 1. The van der Waals surface area contributed by atoms with Crippen LogP contribution >= 0.6 is 0 Å². The Morgan fingerprint density at radius 1 is 1.17 bits per heavy atom. The number of anilines is 1. The Bertz CT molecular complexity index is 953. The number of hydrogen-bond donors (Lipinski definition) is 3. The molecule has 0 fully saturated rings. The van der Waals surface area contributed by atoms with Gasteiger partial charge in [-0.15, -0.1) is 0 Å². The second-order valence-corrected chi connectivity index (χ2v) is 5.78. The van der Waals surface area contributed by atoms with Crippen molar-refractivity contribution in [3.8, 4) is 5.75 Å². The largest absolute Gasteiger partial charge is 0.490 e. The van der Waals surface area contributed by atoms with E-state index >= 15 is 0 Å². The van der Waals surface area contributed by atoms with Gasteiger partial charge in [-0.05, 0) is 6.07 Å². The lowest BCUT2D eigenvalue weighted by Gasteiger charge is -2.20. The zero-order valence-electron chi connectivity index (χ0n) is 15.0. The first-order valence-corrected chi connectivity index (χ1v) is 7.71. The van der Waals surface area contributed by atoms with Gasteiger partial charge in [-0.2, -0.15) is 45.7 Å². The Morgan fingerprint density at radius 3 is 2.23 bits per heavy atom. The molecule has 15 heteroatoms. The van der Waals surface area contributed by atoms with Crippen molar-refractivity contribution in [3.63, 3.8) is 0 Å². The number of ether oxygens (including phenoxy) is 1. The fourth-order valence-corrected chi connectivity index (χ4v) is 2.53. The van der Waals surface area contributed by atoms with E-state index in [2.05, 4.69) is 5.10 Å². The molecule has 0 aliphatic rings. The summed E-state index contributed by atoms with van der Waals surface area (Å²) < 4.78 is 110. The van der Waals surface area contributed by atoms with E-state index in [1.54, 1.807) is 5.32 Å². The number of quaternary nitrogens is 1. The summed E-state index contributed by atoms with van der Waals surface area (Å²) in [4.78, 5) is 12.4. The molecule has 2 aromatic rings. The van der Waals surface area contributed by atoms with E-state index in [4.69, 9.17) is 9.94 Å². The maximum Gasteiger partial charge on any atom is 0.459 e. The van der Waals surface area contributed by atoms with Crippen LogP contribution in [-0.2, 0) is 19.1 Å². The van der Waals surface area contributed by atoms with Crippen molar-refractivity contribution in [2.75, 3.05) is 12.4 Å². The van der Waals surface area contributed by atoms with Crippen LogP contribution in [0.1, 0.15) is 21.6 Å². The molecule has 1 heterocycles. The number of nitrogens with two attached hydrogens (primary N) is 1. The van der Waals surface area contributed by atoms with Crippen LogP contribution in [0.3, 0.4) is 0 Å². The van der Waals surface area contributed by atoms with Crippen LogP contribution in [0.5, 0.6) is 5.75 Å². The lowest BCUT2D eigenvalue weighted by molar-refractivity contribution is -0.825. The number of rotatable bonds is 5. The number of aromatic nitrogens is 2. The van der Waals surface area contributed by atoms with Gasteiger partial charge in [0.15, 0.2) is 11.4 Å². The molecule has 4 N–H and O–H groups in total. The zero-order chi connectivity index (χ0) is 23.1. The van der Waals surface area contributed by atoms with Gasteiger partial charge in [0, 0.05) is 13.1 Å². The number of alkyl halides is 8. The predicted molar refractivity (Wildman–Crippen MR) is 82.5 cm³/mol. The molecule has 0 aliphatic heterocycles. The highest BCUT2D eigenvalue weighted by Crippen LogP contribution is 2.49. The third-order valence-electron chi connectivity index (χ3n) is 3.85. The molecule has 0 aliphatic carbocycles. The van der Waals surface area contributed by atoms with Crippen molar-refractivity contribution in [3.05, 3.63) is 35.0 Å². The number of para-hydroxylation sites is 1. The van der Waals surface area contributed by atoms with Gasteiger partial charge in [0.05, 0.1) is 12.7 Å². The Hall–Kier alpha value is -2.94. The molecule has 0 spiro atoms. The van der Waals surface area contributed by atoms with Gasteiger partial charge >= 0.3 is 18.3 Å². The van der Waals surface area contributed by atoms with E-state index in [0.717, 1.165) is 13.2 Å². The van der Waals surface area contributed by atoms with Gasteiger partial charge in [-0.25, -0.2) is 5.21 Å². The summed E-state index contributed by atoms with van der Waals surface area (Å²) in [5.41, 5.74) is -5.01. The van der Waals surface area contributed by atoms with Gasteiger partial charge < -0.3 is 10.1 Å². The van der Waals surface area contributed by atoms with E-state index < -0.39 is 46.8 Å². The highest BCUT2D eigenvalue weighted by molar-refractivity contribution is 6.07. The first kappa shape index (κ1) is 23.3. The average molecular weight is 449 g/mol. The molecule has 30 heavy (non-hydrogen) atoms. The van der Waals surface area contributed by atoms with Gasteiger partial charge in [0.25, 0.3) is 5.91 Å². The first-order valence-electron chi connectivity index (χ1n) is 7.71. The monoisotopic (exact) mass is 449 g/mol. The van der Waals surface area contributed by atoms with E-state index in [-0.39, 0.29) is 16.1 Å². The molecule has 0 atom stereocenters. The van der Waals surface area contributed by atoms with Crippen LogP contribution in [0.15, 0.2) is 18.2 Å². The summed E-state index contributed by atoms with van der Waals surface area (Å²) in [6, 6.07) is 3.56. The Morgan fingerprint density at radius 2 is 1.77 bits per heavy atom. The molecule has 0 unspecified atom stereocenters. The molecule has 2 rings (SSSR count). The maximum absolute atomic E-state index is 13.7. The summed E-state index contributed by atoms with van der Waals surface area (Å²) in [5, 5.41) is 13.4. The molecule has 1 amide bonds. The van der Waals surface area contributed by atoms with Crippen molar-refractivity contribution in [2.45, 2.75) is 18.3 Å². The number of aryl methyl sites for hydroxylation is 1. The van der Waals surface area contributed by atoms with Gasteiger partial charge in [-0.1, -0.05) is 6.07 Å². The molecule has 0 bridgehead atoms. The highest BCUT2D eigenvalue weighted by Gasteiger charge is 2.64. The Balaban J connectivity index is 2.63. The van der Waals surface area contributed by atoms with Gasteiger partial charge in [0.1, 0.15) is 11.4 Å². The molecular formula is C15H13F8N4O3+. The van der Waals surface area contributed by atoms with Crippen LogP contribution in [0.2, 0.25) is 0 Å². The number of methoxy groups -OCH3 is 1. The van der Waals surface area contributed by atoms with E-state index in [0.29, 0.717) is 12.5 Å². The molecule has 0 radical (unpaired) electrons.